The lowest BCUT2D eigenvalue weighted by atomic mass is 9.92. The van der Waals surface area contributed by atoms with Gasteiger partial charge in [-0.05, 0) is 49.7 Å². The highest BCUT2D eigenvalue weighted by Crippen LogP contribution is 2.36. The minimum Gasteiger partial charge on any atom is -0.343 e. The Morgan fingerprint density at radius 3 is 2.77 bits per heavy atom. The zero-order valence-corrected chi connectivity index (χ0v) is 15.2. The van der Waals surface area contributed by atoms with Crippen LogP contribution in [0.4, 0.5) is 0 Å². The summed E-state index contributed by atoms with van der Waals surface area (Å²) in [5.41, 5.74) is 3.53. The number of carbonyl (C=O) groups is 1. The molecule has 1 fully saturated rings. The second kappa shape index (κ2) is 7.06. The van der Waals surface area contributed by atoms with Crippen molar-refractivity contribution in [2.24, 2.45) is 0 Å². The lowest BCUT2D eigenvalue weighted by Crippen LogP contribution is -2.38. The third-order valence-electron chi connectivity index (χ3n) is 5.82. The summed E-state index contributed by atoms with van der Waals surface area (Å²) < 4.78 is 0. The Morgan fingerprint density at radius 1 is 1.23 bits per heavy atom. The summed E-state index contributed by atoms with van der Waals surface area (Å²) in [6.07, 6.45) is 4.54. The molecule has 26 heavy (non-hydrogen) atoms. The third-order valence-corrected chi connectivity index (χ3v) is 5.82. The minimum atomic E-state index is -0.0918. The Labute approximate surface area is 153 Å². The molecule has 0 saturated carbocycles. The molecule has 2 aliphatic rings. The SMILES string of the molecule is Cc1nc(C2CCN(C(=O)C[C@H]3CCc4ccccc43)CC2)cc(=O)[nH]1. The van der Waals surface area contributed by atoms with Crippen molar-refractivity contribution in [3.63, 3.8) is 0 Å². The number of rotatable bonds is 3. The van der Waals surface area contributed by atoms with E-state index in [0.29, 0.717) is 18.2 Å². The van der Waals surface area contributed by atoms with Crippen LogP contribution >= 0.6 is 0 Å². The minimum absolute atomic E-state index is 0.0918. The second-order valence-electron chi connectivity index (χ2n) is 7.55. The van der Waals surface area contributed by atoms with Gasteiger partial charge < -0.3 is 9.88 Å². The van der Waals surface area contributed by atoms with E-state index in [9.17, 15) is 9.59 Å². The highest BCUT2D eigenvalue weighted by Gasteiger charge is 2.29. The van der Waals surface area contributed by atoms with Gasteiger partial charge in [0.15, 0.2) is 0 Å². The van der Waals surface area contributed by atoms with Gasteiger partial charge in [-0.2, -0.15) is 0 Å². The Balaban J connectivity index is 1.36. The van der Waals surface area contributed by atoms with Crippen LogP contribution < -0.4 is 5.56 Å². The molecule has 136 valence electrons. The second-order valence-corrected chi connectivity index (χ2v) is 7.55. The van der Waals surface area contributed by atoms with Crippen LogP contribution in [0.5, 0.6) is 0 Å². The molecule has 2 aromatic rings. The van der Waals surface area contributed by atoms with Crippen molar-refractivity contribution in [3.05, 3.63) is 63.3 Å². The van der Waals surface area contributed by atoms with Crippen LogP contribution in [0, 0.1) is 6.92 Å². The molecule has 0 unspecified atom stereocenters. The van der Waals surface area contributed by atoms with E-state index >= 15 is 0 Å². The standard InChI is InChI=1S/C21H25N3O2/c1-14-22-19(13-20(25)23-14)16-8-10-24(11-9-16)21(26)12-17-7-6-15-4-2-3-5-18(15)17/h2-5,13,16-17H,6-12H2,1H3,(H,22,23,25)/t17-/m1/s1. The predicted octanol–water partition coefficient (Wildman–Crippen LogP) is 2.90. The number of hydrogen-bond acceptors (Lipinski definition) is 3. The van der Waals surface area contributed by atoms with Crippen molar-refractivity contribution in [1.29, 1.82) is 0 Å². The Kier molecular flexibility index (Phi) is 4.62. The first-order valence-electron chi connectivity index (χ1n) is 9.53. The number of H-pyrrole nitrogens is 1. The number of aryl methyl sites for hydroxylation is 2. The van der Waals surface area contributed by atoms with Crippen LogP contribution in [0.3, 0.4) is 0 Å². The number of piperidine rings is 1. The van der Waals surface area contributed by atoms with Gasteiger partial charge in [0.25, 0.3) is 5.56 Å². The molecular weight excluding hydrogens is 326 g/mol. The molecule has 0 radical (unpaired) electrons. The molecule has 0 bridgehead atoms. The molecule has 1 N–H and O–H groups in total. The smallest absolute Gasteiger partial charge is 0.251 e. The molecule has 1 aromatic carbocycles. The van der Waals surface area contributed by atoms with Gasteiger partial charge in [0.05, 0.1) is 5.69 Å². The van der Waals surface area contributed by atoms with Gasteiger partial charge in [0.2, 0.25) is 5.91 Å². The van der Waals surface area contributed by atoms with E-state index in [-0.39, 0.29) is 17.4 Å². The molecule has 1 saturated heterocycles. The monoisotopic (exact) mass is 351 g/mol. The average Bonchev–Trinajstić information content (AvgIpc) is 3.04. The fourth-order valence-electron chi connectivity index (χ4n) is 4.43. The fraction of sp³-hybridized carbons (Fsp3) is 0.476. The number of carbonyl (C=O) groups excluding carboxylic acids is 1. The van der Waals surface area contributed by atoms with E-state index in [4.69, 9.17) is 0 Å². The van der Waals surface area contributed by atoms with E-state index < -0.39 is 0 Å². The van der Waals surface area contributed by atoms with E-state index in [2.05, 4.69) is 34.2 Å². The molecule has 1 aliphatic carbocycles. The van der Waals surface area contributed by atoms with Gasteiger partial charge in [-0.15, -0.1) is 0 Å². The van der Waals surface area contributed by atoms with Crippen LogP contribution in [-0.4, -0.2) is 33.9 Å². The van der Waals surface area contributed by atoms with Crippen molar-refractivity contribution in [1.82, 2.24) is 14.9 Å². The zero-order chi connectivity index (χ0) is 18.1. The summed E-state index contributed by atoms with van der Waals surface area (Å²) >= 11 is 0. The first-order valence-corrected chi connectivity index (χ1v) is 9.53. The van der Waals surface area contributed by atoms with Gasteiger partial charge >= 0.3 is 0 Å². The van der Waals surface area contributed by atoms with Crippen molar-refractivity contribution >= 4 is 5.91 Å². The van der Waals surface area contributed by atoms with Crippen molar-refractivity contribution < 1.29 is 4.79 Å². The van der Waals surface area contributed by atoms with Crippen LogP contribution in [0.1, 0.15) is 60.2 Å². The Morgan fingerprint density at radius 2 is 2.00 bits per heavy atom. The molecule has 5 nitrogen and oxygen atoms in total. The number of hydrogen-bond donors (Lipinski definition) is 1. The summed E-state index contributed by atoms with van der Waals surface area (Å²) in [6, 6.07) is 10.1. The number of nitrogens with one attached hydrogen (secondary N) is 1. The Hall–Kier alpha value is -2.43. The lowest BCUT2D eigenvalue weighted by molar-refractivity contribution is -0.132. The maximum absolute atomic E-state index is 12.8. The quantitative estimate of drug-likeness (QED) is 0.925. The maximum atomic E-state index is 12.8. The molecule has 1 atom stereocenters. The molecule has 0 spiro atoms. The predicted molar refractivity (Wildman–Crippen MR) is 100 cm³/mol. The molecule has 4 rings (SSSR count). The molecule has 2 heterocycles. The van der Waals surface area contributed by atoms with Crippen LogP contribution in [0.2, 0.25) is 0 Å². The average molecular weight is 351 g/mol. The van der Waals surface area contributed by atoms with Crippen molar-refractivity contribution in [3.8, 4) is 0 Å². The number of aromatic amines is 1. The van der Waals surface area contributed by atoms with Crippen LogP contribution in [0.25, 0.3) is 0 Å². The van der Waals surface area contributed by atoms with Gasteiger partial charge in [0, 0.05) is 31.5 Å². The number of fused-ring (bicyclic) bond motifs is 1. The van der Waals surface area contributed by atoms with E-state index in [1.807, 2.05) is 11.8 Å². The van der Waals surface area contributed by atoms with Crippen molar-refractivity contribution in [2.45, 2.75) is 50.9 Å². The zero-order valence-electron chi connectivity index (χ0n) is 15.2. The fourth-order valence-corrected chi connectivity index (χ4v) is 4.43. The molecular formula is C21H25N3O2. The first kappa shape index (κ1) is 17.0. The van der Waals surface area contributed by atoms with Gasteiger partial charge in [-0.3, -0.25) is 9.59 Å². The van der Waals surface area contributed by atoms with E-state index in [1.54, 1.807) is 6.07 Å². The van der Waals surface area contributed by atoms with Crippen molar-refractivity contribution in [2.75, 3.05) is 13.1 Å². The molecule has 1 aromatic heterocycles. The lowest BCUT2D eigenvalue weighted by Gasteiger charge is -2.32. The first-order chi connectivity index (χ1) is 12.6. The number of benzene rings is 1. The van der Waals surface area contributed by atoms with Gasteiger partial charge in [-0.1, -0.05) is 24.3 Å². The topological polar surface area (TPSA) is 66.1 Å². The molecule has 1 aliphatic heterocycles. The van der Waals surface area contributed by atoms with Gasteiger partial charge in [0.1, 0.15) is 5.82 Å². The Bertz CT molecular complexity index is 866. The number of nitrogens with zero attached hydrogens (tertiary/aromatic N) is 2. The van der Waals surface area contributed by atoms with Crippen LogP contribution in [0.15, 0.2) is 35.1 Å². The number of likely N-dealkylation sites (tertiary alicyclic amines) is 1. The third kappa shape index (κ3) is 3.43. The highest BCUT2D eigenvalue weighted by molar-refractivity contribution is 5.77. The largest absolute Gasteiger partial charge is 0.343 e. The van der Waals surface area contributed by atoms with Gasteiger partial charge in [-0.25, -0.2) is 4.98 Å². The van der Waals surface area contributed by atoms with E-state index in [0.717, 1.165) is 44.5 Å². The summed E-state index contributed by atoms with van der Waals surface area (Å²) in [5, 5.41) is 0. The number of amides is 1. The summed E-state index contributed by atoms with van der Waals surface area (Å²) in [5.74, 6) is 1.56. The van der Waals surface area contributed by atoms with Crippen LogP contribution in [-0.2, 0) is 11.2 Å². The molecule has 1 amide bonds. The number of aromatic nitrogens is 2. The maximum Gasteiger partial charge on any atom is 0.251 e. The normalized spacial score (nSPS) is 20.2. The molecule has 5 heteroatoms. The summed E-state index contributed by atoms with van der Waals surface area (Å²) in [7, 11) is 0. The highest BCUT2D eigenvalue weighted by atomic mass is 16.2. The van der Waals surface area contributed by atoms with E-state index in [1.165, 1.54) is 11.1 Å². The summed E-state index contributed by atoms with van der Waals surface area (Å²) in [6.45, 7) is 3.32. The summed E-state index contributed by atoms with van der Waals surface area (Å²) in [4.78, 5) is 33.6.